The third kappa shape index (κ3) is 8.19. The van der Waals surface area contributed by atoms with Gasteiger partial charge in [0.1, 0.15) is 0 Å². The third-order valence-electron chi connectivity index (χ3n) is 3.42. The Labute approximate surface area is 156 Å². The second-order valence-electron chi connectivity index (χ2n) is 5.20. The van der Waals surface area contributed by atoms with Crippen LogP contribution < -0.4 is 10.6 Å². The molecule has 0 aromatic heterocycles. The lowest BCUT2D eigenvalue weighted by Gasteiger charge is -2.25. The predicted molar refractivity (Wildman–Crippen MR) is 107 cm³/mol. The average Bonchev–Trinajstić information content (AvgIpc) is 2.48. The standard InChI is InChI=1S/C16H27ClN4.HI/c1-5-21(13(2)3)11-10-19-16(18-4)20-12-14-6-8-15(17)9-7-14;/h6-9,13H,5,10-12H2,1-4H3,(H2,18,19,20);1H. The molecular formula is C16H28ClIN4. The van der Waals surface area contributed by atoms with Crippen LogP contribution in [-0.2, 0) is 6.54 Å². The van der Waals surface area contributed by atoms with Gasteiger partial charge in [-0.1, -0.05) is 30.7 Å². The zero-order valence-electron chi connectivity index (χ0n) is 13.9. The van der Waals surface area contributed by atoms with Crippen LogP contribution in [0.1, 0.15) is 26.3 Å². The van der Waals surface area contributed by atoms with Crippen molar-refractivity contribution in [1.82, 2.24) is 15.5 Å². The minimum atomic E-state index is 0. The normalized spacial score (nSPS) is 11.5. The summed E-state index contributed by atoms with van der Waals surface area (Å²) in [5, 5.41) is 7.40. The van der Waals surface area contributed by atoms with Crippen LogP contribution in [0.5, 0.6) is 0 Å². The van der Waals surface area contributed by atoms with E-state index in [2.05, 4.69) is 41.3 Å². The molecule has 0 spiro atoms. The van der Waals surface area contributed by atoms with Gasteiger partial charge in [0.15, 0.2) is 5.96 Å². The van der Waals surface area contributed by atoms with E-state index in [9.17, 15) is 0 Å². The summed E-state index contributed by atoms with van der Waals surface area (Å²) in [4.78, 5) is 6.65. The minimum absolute atomic E-state index is 0. The van der Waals surface area contributed by atoms with Crippen molar-refractivity contribution in [2.75, 3.05) is 26.7 Å². The van der Waals surface area contributed by atoms with Gasteiger partial charge in [-0.25, -0.2) is 0 Å². The third-order valence-corrected chi connectivity index (χ3v) is 3.68. The van der Waals surface area contributed by atoms with Crippen molar-refractivity contribution >= 4 is 41.5 Å². The Hall–Kier alpha value is -0.530. The number of guanidine groups is 1. The molecule has 1 aromatic carbocycles. The molecule has 0 fully saturated rings. The number of benzene rings is 1. The maximum atomic E-state index is 5.88. The molecule has 22 heavy (non-hydrogen) atoms. The molecule has 0 aliphatic rings. The quantitative estimate of drug-likeness (QED) is 0.390. The van der Waals surface area contributed by atoms with Crippen molar-refractivity contribution in [1.29, 1.82) is 0 Å². The second kappa shape index (κ2) is 12.0. The maximum Gasteiger partial charge on any atom is 0.191 e. The van der Waals surface area contributed by atoms with Crippen LogP contribution in [0.4, 0.5) is 0 Å². The van der Waals surface area contributed by atoms with Gasteiger partial charge in [-0.15, -0.1) is 24.0 Å². The number of nitrogens with zero attached hydrogens (tertiary/aromatic N) is 2. The average molecular weight is 439 g/mol. The summed E-state index contributed by atoms with van der Waals surface area (Å²) in [5.74, 6) is 0.824. The highest BCUT2D eigenvalue weighted by molar-refractivity contribution is 14.0. The van der Waals surface area contributed by atoms with Crippen molar-refractivity contribution in [3.05, 3.63) is 34.9 Å². The van der Waals surface area contributed by atoms with Gasteiger partial charge in [0.25, 0.3) is 0 Å². The van der Waals surface area contributed by atoms with Crippen LogP contribution in [0.2, 0.25) is 5.02 Å². The largest absolute Gasteiger partial charge is 0.355 e. The summed E-state index contributed by atoms with van der Waals surface area (Å²) in [6.45, 7) is 10.3. The Morgan fingerprint density at radius 3 is 2.36 bits per heavy atom. The Morgan fingerprint density at radius 1 is 1.23 bits per heavy atom. The Balaban J connectivity index is 0.00000441. The van der Waals surface area contributed by atoms with E-state index < -0.39 is 0 Å². The molecule has 0 amide bonds. The SMILES string of the molecule is CCN(CCNC(=NC)NCc1ccc(Cl)cc1)C(C)C.I. The fourth-order valence-electron chi connectivity index (χ4n) is 2.11. The summed E-state index contributed by atoms with van der Waals surface area (Å²) in [6.07, 6.45) is 0. The summed E-state index contributed by atoms with van der Waals surface area (Å²) in [6, 6.07) is 8.40. The number of likely N-dealkylation sites (N-methyl/N-ethyl adjacent to an activating group) is 1. The highest BCUT2D eigenvalue weighted by atomic mass is 127. The number of nitrogens with one attached hydrogen (secondary N) is 2. The molecule has 0 atom stereocenters. The summed E-state index contributed by atoms with van der Waals surface area (Å²) >= 11 is 5.88. The highest BCUT2D eigenvalue weighted by Gasteiger charge is 2.06. The topological polar surface area (TPSA) is 39.7 Å². The molecule has 0 heterocycles. The first-order valence-corrected chi connectivity index (χ1v) is 7.87. The van der Waals surface area contributed by atoms with Gasteiger partial charge in [-0.05, 0) is 38.1 Å². The van der Waals surface area contributed by atoms with Gasteiger partial charge in [-0.2, -0.15) is 0 Å². The van der Waals surface area contributed by atoms with Crippen molar-refractivity contribution in [2.45, 2.75) is 33.4 Å². The number of halogens is 2. The van der Waals surface area contributed by atoms with E-state index in [1.54, 1.807) is 7.05 Å². The fourth-order valence-corrected chi connectivity index (χ4v) is 2.23. The zero-order chi connectivity index (χ0) is 15.7. The molecule has 126 valence electrons. The highest BCUT2D eigenvalue weighted by Crippen LogP contribution is 2.08. The number of rotatable bonds is 7. The molecule has 0 radical (unpaired) electrons. The van der Waals surface area contributed by atoms with Crippen molar-refractivity contribution < 1.29 is 0 Å². The van der Waals surface area contributed by atoms with Gasteiger partial charge < -0.3 is 10.6 Å². The van der Waals surface area contributed by atoms with Crippen LogP contribution in [0.3, 0.4) is 0 Å². The first kappa shape index (κ1) is 21.5. The van der Waals surface area contributed by atoms with E-state index in [0.717, 1.165) is 37.2 Å². The fraction of sp³-hybridized carbons (Fsp3) is 0.562. The van der Waals surface area contributed by atoms with Gasteiger partial charge in [0.2, 0.25) is 0 Å². The van der Waals surface area contributed by atoms with E-state index >= 15 is 0 Å². The molecular weight excluding hydrogens is 411 g/mol. The van der Waals surface area contributed by atoms with Crippen molar-refractivity contribution in [3.8, 4) is 0 Å². The maximum absolute atomic E-state index is 5.88. The van der Waals surface area contributed by atoms with Crippen LogP contribution in [0.15, 0.2) is 29.3 Å². The van der Waals surface area contributed by atoms with Gasteiger partial charge in [-0.3, -0.25) is 9.89 Å². The van der Waals surface area contributed by atoms with Crippen molar-refractivity contribution in [3.63, 3.8) is 0 Å². The lowest BCUT2D eigenvalue weighted by molar-refractivity contribution is 0.237. The summed E-state index contributed by atoms with van der Waals surface area (Å²) in [5.41, 5.74) is 1.18. The minimum Gasteiger partial charge on any atom is -0.355 e. The second-order valence-corrected chi connectivity index (χ2v) is 5.64. The molecule has 1 rings (SSSR count). The van der Waals surface area contributed by atoms with Crippen LogP contribution >= 0.6 is 35.6 Å². The van der Waals surface area contributed by atoms with E-state index in [1.165, 1.54) is 5.56 Å². The molecule has 0 unspecified atom stereocenters. The number of hydrogen-bond acceptors (Lipinski definition) is 2. The Morgan fingerprint density at radius 2 is 1.86 bits per heavy atom. The van der Waals surface area contributed by atoms with Crippen molar-refractivity contribution in [2.24, 2.45) is 4.99 Å². The first-order chi connectivity index (χ1) is 10.1. The lowest BCUT2D eigenvalue weighted by atomic mass is 10.2. The molecule has 0 bridgehead atoms. The van der Waals surface area contributed by atoms with Crippen LogP contribution in [-0.4, -0.2) is 43.6 Å². The molecule has 6 heteroatoms. The summed E-state index contributed by atoms with van der Waals surface area (Å²) in [7, 11) is 1.79. The van der Waals surface area contributed by atoms with Gasteiger partial charge in [0, 0.05) is 37.7 Å². The number of aliphatic imine (C=N–C) groups is 1. The van der Waals surface area contributed by atoms with Crippen LogP contribution in [0.25, 0.3) is 0 Å². The molecule has 0 aliphatic carbocycles. The van der Waals surface area contributed by atoms with Gasteiger partial charge in [0.05, 0.1) is 0 Å². The monoisotopic (exact) mass is 438 g/mol. The molecule has 0 saturated heterocycles. The van der Waals surface area contributed by atoms with Crippen LogP contribution in [0, 0.1) is 0 Å². The van der Waals surface area contributed by atoms with Gasteiger partial charge >= 0.3 is 0 Å². The molecule has 0 saturated carbocycles. The molecule has 0 aliphatic heterocycles. The lowest BCUT2D eigenvalue weighted by Crippen LogP contribution is -2.42. The predicted octanol–water partition coefficient (Wildman–Crippen LogP) is 3.35. The Kier molecular flexibility index (Phi) is 11.7. The Bertz CT molecular complexity index is 434. The molecule has 1 aromatic rings. The first-order valence-electron chi connectivity index (χ1n) is 7.49. The van der Waals surface area contributed by atoms with E-state index in [1.807, 2.05) is 24.3 Å². The molecule has 4 nitrogen and oxygen atoms in total. The zero-order valence-corrected chi connectivity index (χ0v) is 17.0. The van der Waals surface area contributed by atoms with E-state index in [0.29, 0.717) is 6.04 Å². The van der Waals surface area contributed by atoms with E-state index in [4.69, 9.17) is 11.6 Å². The van der Waals surface area contributed by atoms with E-state index in [-0.39, 0.29) is 24.0 Å². The smallest absolute Gasteiger partial charge is 0.191 e. The summed E-state index contributed by atoms with van der Waals surface area (Å²) < 4.78 is 0. The molecule has 2 N–H and O–H groups in total. The number of hydrogen-bond donors (Lipinski definition) is 2.